The van der Waals surface area contributed by atoms with Crippen LogP contribution in [0.25, 0.3) is 0 Å². The summed E-state index contributed by atoms with van der Waals surface area (Å²) in [4.78, 5) is 1.44. The highest BCUT2D eigenvalue weighted by Gasteiger charge is 2.38. The molecule has 2 rings (SSSR count). The monoisotopic (exact) mass is 302 g/mol. The van der Waals surface area contributed by atoms with Gasteiger partial charge in [0.25, 0.3) is 0 Å². The average Bonchev–Trinajstić information content (AvgIpc) is 2.89. The van der Waals surface area contributed by atoms with Crippen LogP contribution in [0.1, 0.15) is 38.5 Å². The molecule has 0 atom stereocenters. The molecule has 1 heterocycles. The van der Waals surface area contributed by atoms with E-state index in [0.717, 1.165) is 24.3 Å². The zero-order valence-corrected chi connectivity index (χ0v) is 13.3. The molecule has 1 saturated carbocycles. The molecule has 0 bridgehead atoms. The second-order valence-corrected chi connectivity index (χ2v) is 8.68. The Bertz CT molecular complexity index is 531. The van der Waals surface area contributed by atoms with Crippen molar-refractivity contribution in [3.05, 3.63) is 16.3 Å². The van der Waals surface area contributed by atoms with Gasteiger partial charge in [-0.15, -0.1) is 11.3 Å². The van der Waals surface area contributed by atoms with E-state index in [1.165, 1.54) is 11.3 Å². The molecule has 1 aliphatic carbocycles. The molecule has 4 nitrogen and oxygen atoms in total. The minimum Gasteiger partial charge on any atom is -0.310 e. The Labute approximate surface area is 119 Å². The van der Waals surface area contributed by atoms with Gasteiger partial charge in [0, 0.05) is 29.4 Å². The van der Waals surface area contributed by atoms with Gasteiger partial charge in [0.2, 0.25) is 10.0 Å². The van der Waals surface area contributed by atoms with Crippen LogP contribution in [-0.2, 0) is 16.6 Å². The van der Waals surface area contributed by atoms with Crippen molar-refractivity contribution in [2.24, 2.45) is 5.41 Å². The minimum atomic E-state index is -3.34. The molecule has 0 unspecified atom stereocenters. The third kappa shape index (κ3) is 4.27. The van der Waals surface area contributed by atoms with Gasteiger partial charge in [0.05, 0.1) is 4.90 Å². The summed E-state index contributed by atoms with van der Waals surface area (Å²) in [6, 6.07) is 2.16. The Morgan fingerprint density at radius 1 is 1.42 bits per heavy atom. The summed E-state index contributed by atoms with van der Waals surface area (Å²) in [6.07, 6.45) is 2.23. The standard InChI is InChI=1S/C13H22N2O2S2/c1-10(2)14-7-11-6-12(8-18-11)19(16,17)15-9-13(3)4-5-13/h6,8,10,14-15H,4-5,7,9H2,1-3H3. The van der Waals surface area contributed by atoms with Crippen LogP contribution >= 0.6 is 11.3 Å². The Balaban J connectivity index is 1.96. The van der Waals surface area contributed by atoms with Crippen LogP contribution in [0.4, 0.5) is 0 Å². The van der Waals surface area contributed by atoms with Gasteiger partial charge in [-0.3, -0.25) is 0 Å². The first kappa shape index (κ1) is 15.0. The van der Waals surface area contributed by atoms with Crippen LogP contribution in [0.2, 0.25) is 0 Å². The average molecular weight is 302 g/mol. The molecule has 0 saturated heterocycles. The molecule has 1 aromatic rings. The molecule has 2 N–H and O–H groups in total. The number of rotatable bonds is 7. The van der Waals surface area contributed by atoms with E-state index in [9.17, 15) is 8.42 Å². The fourth-order valence-corrected chi connectivity index (χ4v) is 4.07. The summed E-state index contributed by atoms with van der Waals surface area (Å²) < 4.78 is 27.0. The summed E-state index contributed by atoms with van der Waals surface area (Å²) in [6.45, 7) is 7.52. The largest absolute Gasteiger partial charge is 0.310 e. The van der Waals surface area contributed by atoms with Crippen LogP contribution < -0.4 is 10.0 Å². The molecule has 0 spiro atoms. The first-order valence-electron chi connectivity index (χ1n) is 6.61. The lowest BCUT2D eigenvalue weighted by Gasteiger charge is -2.09. The van der Waals surface area contributed by atoms with Gasteiger partial charge in [0.1, 0.15) is 0 Å². The zero-order valence-electron chi connectivity index (χ0n) is 11.7. The lowest BCUT2D eigenvalue weighted by molar-refractivity contribution is 0.530. The number of hydrogen-bond acceptors (Lipinski definition) is 4. The molecular formula is C13H22N2O2S2. The van der Waals surface area contributed by atoms with E-state index in [-0.39, 0.29) is 5.41 Å². The third-order valence-electron chi connectivity index (χ3n) is 3.42. The maximum Gasteiger partial charge on any atom is 0.241 e. The molecular weight excluding hydrogens is 280 g/mol. The molecule has 0 amide bonds. The molecule has 1 aliphatic rings. The normalized spacial score (nSPS) is 17.9. The van der Waals surface area contributed by atoms with Gasteiger partial charge >= 0.3 is 0 Å². The van der Waals surface area contributed by atoms with Crippen molar-refractivity contribution < 1.29 is 8.42 Å². The highest BCUT2D eigenvalue weighted by Crippen LogP contribution is 2.44. The second kappa shape index (κ2) is 5.52. The number of hydrogen-bond donors (Lipinski definition) is 2. The zero-order chi connectivity index (χ0) is 14.1. The van der Waals surface area contributed by atoms with Gasteiger partial charge < -0.3 is 5.32 Å². The summed E-state index contributed by atoms with van der Waals surface area (Å²) in [7, 11) is -3.34. The van der Waals surface area contributed by atoms with Gasteiger partial charge in [-0.2, -0.15) is 0 Å². The first-order chi connectivity index (χ1) is 8.81. The summed E-state index contributed by atoms with van der Waals surface area (Å²) in [5, 5.41) is 5.01. The fourth-order valence-electron chi connectivity index (χ4n) is 1.64. The minimum absolute atomic E-state index is 0.186. The predicted octanol–water partition coefficient (Wildman–Crippen LogP) is 2.32. The van der Waals surface area contributed by atoms with E-state index in [2.05, 4.69) is 30.8 Å². The molecule has 6 heteroatoms. The Kier molecular flexibility index (Phi) is 4.35. The van der Waals surface area contributed by atoms with Crippen LogP contribution in [0.15, 0.2) is 16.3 Å². The number of sulfonamides is 1. The van der Waals surface area contributed by atoms with Crippen molar-refractivity contribution in [2.45, 2.75) is 51.1 Å². The Morgan fingerprint density at radius 3 is 2.68 bits per heavy atom. The van der Waals surface area contributed by atoms with Crippen molar-refractivity contribution in [3.8, 4) is 0 Å². The first-order valence-corrected chi connectivity index (χ1v) is 8.97. The van der Waals surface area contributed by atoms with Crippen molar-refractivity contribution >= 4 is 21.4 Å². The van der Waals surface area contributed by atoms with E-state index in [0.29, 0.717) is 17.5 Å². The maximum absolute atomic E-state index is 12.1. The molecule has 108 valence electrons. The SMILES string of the molecule is CC(C)NCc1cc(S(=O)(=O)NCC2(C)CC2)cs1. The molecule has 19 heavy (non-hydrogen) atoms. The molecule has 1 fully saturated rings. The highest BCUT2D eigenvalue weighted by molar-refractivity contribution is 7.89. The van der Waals surface area contributed by atoms with E-state index >= 15 is 0 Å². The third-order valence-corrected chi connectivity index (χ3v) is 5.88. The van der Waals surface area contributed by atoms with Crippen LogP contribution in [-0.4, -0.2) is 21.0 Å². The second-order valence-electron chi connectivity index (χ2n) is 5.92. The number of thiophene rings is 1. The summed E-state index contributed by atoms with van der Waals surface area (Å²) >= 11 is 1.49. The van der Waals surface area contributed by atoms with Crippen molar-refractivity contribution in [3.63, 3.8) is 0 Å². The van der Waals surface area contributed by atoms with E-state index in [1.54, 1.807) is 11.4 Å². The van der Waals surface area contributed by atoms with E-state index in [1.807, 2.05) is 0 Å². The van der Waals surface area contributed by atoms with Crippen LogP contribution in [0.3, 0.4) is 0 Å². The highest BCUT2D eigenvalue weighted by atomic mass is 32.2. The Morgan fingerprint density at radius 2 is 2.11 bits per heavy atom. The topological polar surface area (TPSA) is 58.2 Å². The van der Waals surface area contributed by atoms with Gasteiger partial charge in [-0.1, -0.05) is 20.8 Å². The van der Waals surface area contributed by atoms with E-state index in [4.69, 9.17) is 0 Å². The van der Waals surface area contributed by atoms with E-state index < -0.39 is 10.0 Å². The smallest absolute Gasteiger partial charge is 0.241 e. The fraction of sp³-hybridized carbons (Fsp3) is 0.692. The lowest BCUT2D eigenvalue weighted by Crippen LogP contribution is -2.28. The quantitative estimate of drug-likeness (QED) is 0.812. The molecule has 0 radical (unpaired) electrons. The van der Waals surface area contributed by atoms with Gasteiger partial charge in [-0.05, 0) is 24.3 Å². The van der Waals surface area contributed by atoms with Gasteiger partial charge in [-0.25, -0.2) is 13.1 Å². The predicted molar refractivity (Wildman–Crippen MR) is 78.8 cm³/mol. The van der Waals surface area contributed by atoms with Crippen molar-refractivity contribution in [1.82, 2.24) is 10.0 Å². The Hall–Kier alpha value is -0.430. The summed E-state index contributed by atoms with van der Waals surface area (Å²) in [5.74, 6) is 0. The maximum atomic E-state index is 12.1. The molecule has 0 aliphatic heterocycles. The van der Waals surface area contributed by atoms with Crippen molar-refractivity contribution in [1.29, 1.82) is 0 Å². The van der Waals surface area contributed by atoms with Crippen LogP contribution in [0.5, 0.6) is 0 Å². The van der Waals surface area contributed by atoms with Gasteiger partial charge in [0.15, 0.2) is 0 Å². The summed E-state index contributed by atoms with van der Waals surface area (Å²) in [5.41, 5.74) is 0.186. The lowest BCUT2D eigenvalue weighted by atomic mass is 10.2. The van der Waals surface area contributed by atoms with Crippen molar-refractivity contribution in [2.75, 3.05) is 6.54 Å². The number of nitrogens with one attached hydrogen (secondary N) is 2. The van der Waals surface area contributed by atoms with Crippen LogP contribution in [0, 0.1) is 5.41 Å². The molecule has 0 aromatic carbocycles. The molecule has 1 aromatic heterocycles.